The second-order valence-corrected chi connectivity index (χ2v) is 5.71. The molecule has 2 N–H and O–H groups in total. The van der Waals surface area contributed by atoms with Crippen molar-refractivity contribution in [1.29, 1.82) is 0 Å². The highest BCUT2D eigenvalue weighted by molar-refractivity contribution is 9.10. The first-order chi connectivity index (χ1) is 9.02. The van der Waals surface area contributed by atoms with E-state index in [9.17, 15) is 0 Å². The number of imidazole rings is 1. The van der Waals surface area contributed by atoms with E-state index >= 15 is 0 Å². The second kappa shape index (κ2) is 5.88. The van der Waals surface area contributed by atoms with Crippen LogP contribution in [0.4, 0.5) is 0 Å². The van der Waals surface area contributed by atoms with E-state index in [1.807, 2.05) is 7.05 Å². The third kappa shape index (κ3) is 3.07. The topological polar surface area (TPSA) is 43.8 Å². The summed E-state index contributed by atoms with van der Waals surface area (Å²) >= 11 is 3.53. The highest BCUT2D eigenvalue weighted by Gasteiger charge is 2.12. The maximum Gasteiger partial charge on any atom is 0.127 e. The molecule has 1 aromatic carbocycles. The van der Waals surface area contributed by atoms with Crippen LogP contribution < -0.4 is 5.73 Å². The summed E-state index contributed by atoms with van der Waals surface area (Å²) in [6, 6.07) is 6.61. The van der Waals surface area contributed by atoms with Crippen LogP contribution in [0.3, 0.4) is 0 Å². The molecular weight excluding hydrogens is 302 g/mol. The summed E-state index contributed by atoms with van der Waals surface area (Å²) < 4.78 is 3.01. The van der Waals surface area contributed by atoms with Crippen molar-refractivity contribution in [1.82, 2.24) is 9.55 Å². The third-order valence-corrected chi connectivity index (χ3v) is 4.21. The molecule has 0 radical (unpaired) electrons. The monoisotopic (exact) mass is 321 g/mol. The van der Waals surface area contributed by atoms with Crippen LogP contribution in [0.1, 0.15) is 28.2 Å². The van der Waals surface area contributed by atoms with Gasteiger partial charge < -0.3 is 10.3 Å². The van der Waals surface area contributed by atoms with Crippen molar-refractivity contribution in [3.8, 4) is 0 Å². The minimum atomic E-state index is 0.471. The zero-order chi connectivity index (χ0) is 14.0. The Labute approximate surface area is 123 Å². The first-order valence-corrected chi connectivity index (χ1v) is 7.28. The number of benzene rings is 1. The number of aromatic nitrogens is 2. The van der Waals surface area contributed by atoms with Crippen molar-refractivity contribution in [2.24, 2.45) is 12.8 Å². The van der Waals surface area contributed by atoms with Crippen LogP contribution in [0.2, 0.25) is 0 Å². The Morgan fingerprint density at radius 2 is 2.00 bits per heavy atom. The zero-order valence-electron chi connectivity index (χ0n) is 11.7. The molecule has 0 bridgehead atoms. The summed E-state index contributed by atoms with van der Waals surface area (Å²) in [5.74, 6) is 0.919. The Hall–Kier alpha value is -1.13. The average Bonchev–Trinajstić information content (AvgIpc) is 2.66. The van der Waals surface area contributed by atoms with E-state index in [0.717, 1.165) is 23.3 Å². The minimum absolute atomic E-state index is 0.471. The lowest BCUT2D eigenvalue weighted by molar-refractivity contribution is 0.738. The van der Waals surface area contributed by atoms with Crippen LogP contribution in [-0.2, 0) is 26.4 Å². The lowest BCUT2D eigenvalue weighted by Crippen LogP contribution is -2.07. The molecule has 0 spiro atoms. The molecule has 4 heteroatoms. The van der Waals surface area contributed by atoms with Gasteiger partial charge in [0.2, 0.25) is 0 Å². The number of nitrogens with two attached hydrogens (primary N) is 1. The minimum Gasteiger partial charge on any atom is -0.333 e. The molecule has 1 aromatic heterocycles. The first-order valence-electron chi connectivity index (χ1n) is 6.49. The first kappa shape index (κ1) is 14.3. The van der Waals surface area contributed by atoms with Gasteiger partial charge in [0.05, 0.1) is 12.2 Å². The molecule has 0 fully saturated rings. The number of hydrogen-bond donors (Lipinski definition) is 1. The number of aryl methyl sites for hydroxylation is 3. The summed E-state index contributed by atoms with van der Waals surface area (Å²) in [5.41, 5.74) is 11.0. The highest BCUT2D eigenvalue weighted by atomic mass is 79.9. The predicted octanol–water partition coefficient (Wildman–Crippen LogP) is 3.04. The molecule has 0 aliphatic rings. The maximum atomic E-state index is 5.68. The van der Waals surface area contributed by atoms with Crippen LogP contribution in [0.5, 0.6) is 0 Å². The van der Waals surface area contributed by atoms with E-state index in [1.165, 1.54) is 22.4 Å². The number of nitrogens with zero attached hydrogens (tertiary/aromatic N) is 2. The van der Waals surface area contributed by atoms with E-state index in [0.29, 0.717) is 6.54 Å². The van der Waals surface area contributed by atoms with Crippen LogP contribution in [0.25, 0.3) is 0 Å². The van der Waals surface area contributed by atoms with Gasteiger partial charge in [-0.05, 0) is 53.7 Å². The van der Waals surface area contributed by atoms with Crippen molar-refractivity contribution in [2.75, 3.05) is 0 Å². The normalized spacial score (nSPS) is 11.0. The van der Waals surface area contributed by atoms with Crippen LogP contribution >= 0.6 is 15.9 Å². The molecule has 3 nitrogen and oxygen atoms in total. The van der Waals surface area contributed by atoms with E-state index in [-0.39, 0.29) is 0 Å². The molecule has 0 atom stereocenters. The molecule has 102 valence electrons. The van der Waals surface area contributed by atoms with Crippen LogP contribution in [0.15, 0.2) is 22.8 Å². The zero-order valence-corrected chi connectivity index (χ0v) is 13.3. The second-order valence-electron chi connectivity index (χ2n) is 4.96. The number of halogens is 1. The molecule has 0 unspecified atom stereocenters. The molecule has 2 rings (SSSR count). The maximum absolute atomic E-state index is 5.68. The third-order valence-electron chi connectivity index (χ3n) is 3.58. The molecule has 0 aliphatic carbocycles. The summed E-state index contributed by atoms with van der Waals surface area (Å²) in [4.78, 5) is 4.44. The molecule has 2 aromatic rings. The van der Waals surface area contributed by atoms with E-state index in [4.69, 9.17) is 5.73 Å². The quantitative estimate of drug-likeness (QED) is 0.940. The average molecular weight is 322 g/mol. The smallest absolute Gasteiger partial charge is 0.127 e. The predicted molar refractivity (Wildman–Crippen MR) is 82.1 cm³/mol. The van der Waals surface area contributed by atoms with Crippen molar-refractivity contribution < 1.29 is 0 Å². The van der Waals surface area contributed by atoms with Gasteiger partial charge >= 0.3 is 0 Å². The molecule has 0 saturated heterocycles. The Morgan fingerprint density at radius 3 is 2.63 bits per heavy atom. The van der Waals surface area contributed by atoms with Crippen molar-refractivity contribution in [3.63, 3.8) is 0 Å². The molecule has 1 heterocycles. The summed E-state index contributed by atoms with van der Waals surface area (Å²) in [5, 5.41) is 0. The Kier molecular flexibility index (Phi) is 4.42. The molecule has 0 amide bonds. The lowest BCUT2D eigenvalue weighted by Gasteiger charge is -2.09. The Bertz CT molecular complexity index is 587. The SMILES string of the molecule is Cc1ccc(C)c(CCc2c(Br)nc(CN)n2C)c1. The van der Waals surface area contributed by atoms with E-state index < -0.39 is 0 Å². The Morgan fingerprint density at radius 1 is 1.26 bits per heavy atom. The molecular formula is C15H20BrN3. The number of hydrogen-bond acceptors (Lipinski definition) is 2. The summed E-state index contributed by atoms with van der Waals surface area (Å²) in [6.45, 7) is 4.77. The van der Waals surface area contributed by atoms with Gasteiger partial charge in [-0.25, -0.2) is 4.98 Å². The van der Waals surface area contributed by atoms with Gasteiger partial charge in [-0.2, -0.15) is 0 Å². The van der Waals surface area contributed by atoms with Gasteiger partial charge in [0.15, 0.2) is 0 Å². The summed E-state index contributed by atoms with van der Waals surface area (Å²) in [6.07, 6.45) is 1.99. The fraction of sp³-hybridized carbons (Fsp3) is 0.400. The van der Waals surface area contributed by atoms with E-state index in [1.54, 1.807) is 0 Å². The highest BCUT2D eigenvalue weighted by Crippen LogP contribution is 2.20. The van der Waals surface area contributed by atoms with Gasteiger partial charge in [-0.3, -0.25) is 0 Å². The van der Waals surface area contributed by atoms with Crippen LogP contribution in [-0.4, -0.2) is 9.55 Å². The van der Waals surface area contributed by atoms with Gasteiger partial charge in [0, 0.05) is 7.05 Å². The lowest BCUT2D eigenvalue weighted by atomic mass is 10.0. The Balaban J connectivity index is 2.19. The van der Waals surface area contributed by atoms with E-state index in [2.05, 4.69) is 57.5 Å². The standard InChI is InChI=1S/C15H20BrN3/c1-10-4-5-11(2)12(8-10)6-7-13-15(16)18-14(9-17)19(13)3/h4-5,8H,6-7,9,17H2,1-3H3. The van der Waals surface area contributed by atoms with Crippen molar-refractivity contribution in [2.45, 2.75) is 33.2 Å². The molecule has 0 saturated carbocycles. The summed E-state index contributed by atoms with van der Waals surface area (Å²) in [7, 11) is 2.03. The van der Waals surface area contributed by atoms with Gasteiger partial charge in [0.25, 0.3) is 0 Å². The largest absolute Gasteiger partial charge is 0.333 e. The van der Waals surface area contributed by atoms with Gasteiger partial charge in [-0.15, -0.1) is 0 Å². The fourth-order valence-electron chi connectivity index (χ4n) is 2.32. The van der Waals surface area contributed by atoms with Crippen LogP contribution in [0, 0.1) is 13.8 Å². The number of rotatable bonds is 4. The van der Waals surface area contributed by atoms with Gasteiger partial charge in [0.1, 0.15) is 10.4 Å². The van der Waals surface area contributed by atoms with Gasteiger partial charge in [-0.1, -0.05) is 23.8 Å². The molecule has 19 heavy (non-hydrogen) atoms. The van der Waals surface area contributed by atoms with Crippen molar-refractivity contribution in [3.05, 3.63) is 51.0 Å². The fourth-order valence-corrected chi connectivity index (χ4v) is 2.99. The molecule has 0 aliphatic heterocycles. The van der Waals surface area contributed by atoms with Crippen molar-refractivity contribution >= 4 is 15.9 Å².